The Hall–Kier alpha value is -2.22. The lowest BCUT2D eigenvalue weighted by molar-refractivity contribution is 0.581. The molecule has 0 unspecified atom stereocenters. The third-order valence-electron chi connectivity index (χ3n) is 2.44. The van der Waals surface area contributed by atoms with Crippen molar-refractivity contribution in [2.24, 2.45) is 12.8 Å². The molecule has 0 saturated carbocycles. The summed E-state index contributed by atoms with van der Waals surface area (Å²) < 4.78 is 2.94. The average molecular weight is 249 g/mol. The first kappa shape index (κ1) is 12.2. The lowest BCUT2D eigenvalue weighted by atomic mass is 10.4. The molecule has 2 aromatic rings. The van der Waals surface area contributed by atoms with Gasteiger partial charge in [0.05, 0.1) is 11.9 Å². The Morgan fingerprint density at radius 1 is 1.44 bits per heavy atom. The lowest BCUT2D eigenvalue weighted by Crippen LogP contribution is -2.25. The number of hydrogen-bond acceptors (Lipinski definition) is 6. The summed E-state index contributed by atoms with van der Waals surface area (Å²) in [6.07, 6.45) is 3.03. The number of aromatic nitrogens is 5. The van der Waals surface area contributed by atoms with Crippen molar-refractivity contribution >= 4 is 5.69 Å². The van der Waals surface area contributed by atoms with Crippen LogP contribution >= 0.6 is 0 Å². The third-order valence-corrected chi connectivity index (χ3v) is 2.44. The largest absolute Gasteiger partial charge is 0.382 e. The molecule has 0 aliphatic heterocycles. The van der Waals surface area contributed by atoms with Gasteiger partial charge in [0.15, 0.2) is 0 Å². The summed E-state index contributed by atoms with van der Waals surface area (Å²) in [7, 11) is 1.77. The van der Waals surface area contributed by atoms with E-state index in [1.807, 2.05) is 0 Å². The first-order valence-electron chi connectivity index (χ1n) is 5.54. The van der Waals surface area contributed by atoms with Crippen molar-refractivity contribution in [2.45, 2.75) is 6.54 Å². The van der Waals surface area contributed by atoms with Crippen molar-refractivity contribution in [2.75, 3.05) is 18.4 Å². The van der Waals surface area contributed by atoms with E-state index < -0.39 is 0 Å². The highest BCUT2D eigenvalue weighted by molar-refractivity contribution is 5.38. The van der Waals surface area contributed by atoms with Crippen LogP contribution < -0.4 is 16.6 Å². The van der Waals surface area contributed by atoms with Gasteiger partial charge in [-0.25, -0.2) is 9.67 Å². The topological polar surface area (TPSA) is 104 Å². The lowest BCUT2D eigenvalue weighted by Gasteiger charge is -2.06. The van der Waals surface area contributed by atoms with Crippen molar-refractivity contribution in [3.8, 4) is 0 Å². The maximum Gasteiger partial charge on any atom is 0.269 e. The van der Waals surface area contributed by atoms with Crippen LogP contribution in [0.3, 0.4) is 0 Å². The molecule has 18 heavy (non-hydrogen) atoms. The van der Waals surface area contributed by atoms with Crippen molar-refractivity contribution in [1.29, 1.82) is 0 Å². The van der Waals surface area contributed by atoms with Crippen LogP contribution in [0.5, 0.6) is 0 Å². The number of rotatable bonds is 5. The third kappa shape index (κ3) is 2.72. The fourth-order valence-corrected chi connectivity index (χ4v) is 1.46. The summed E-state index contributed by atoms with van der Waals surface area (Å²) in [5.41, 5.74) is 5.84. The first-order chi connectivity index (χ1) is 8.70. The number of anilines is 1. The van der Waals surface area contributed by atoms with Crippen molar-refractivity contribution < 1.29 is 0 Å². The zero-order valence-electron chi connectivity index (χ0n) is 10.1. The zero-order valence-corrected chi connectivity index (χ0v) is 10.1. The fourth-order valence-electron chi connectivity index (χ4n) is 1.46. The van der Waals surface area contributed by atoms with Crippen LogP contribution in [0.1, 0.15) is 5.82 Å². The molecule has 96 valence electrons. The smallest absolute Gasteiger partial charge is 0.269 e. The zero-order chi connectivity index (χ0) is 13.0. The maximum atomic E-state index is 11.8. The van der Waals surface area contributed by atoms with E-state index in [4.69, 9.17) is 5.73 Å². The van der Waals surface area contributed by atoms with E-state index in [1.54, 1.807) is 17.9 Å². The summed E-state index contributed by atoms with van der Waals surface area (Å²) in [4.78, 5) is 15.9. The number of nitrogens with one attached hydrogen (secondary N) is 1. The highest BCUT2D eigenvalue weighted by Gasteiger charge is 2.05. The van der Waals surface area contributed by atoms with E-state index in [9.17, 15) is 4.79 Å². The first-order valence-corrected chi connectivity index (χ1v) is 5.54. The minimum atomic E-state index is -0.194. The molecule has 8 nitrogen and oxygen atoms in total. The molecule has 2 rings (SSSR count). The minimum absolute atomic E-state index is 0.194. The van der Waals surface area contributed by atoms with Crippen molar-refractivity contribution in [3.05, 3.63) is 34.8 Å². The summed E-state index contributed by atoms with van der Waals surface area (Å²) in [5.74, 6) is 0.673. The van der Waals surface area contributed by atoms with E-state index in [0.717, 1.165) is 0 Å². The van der Waals surface area contributed by atoms with Gasteiger partial charge in [-0.05, 0) is 0 Å². The molecule has 0 saturated heterocycles. The molecule has 0 fully saturated rings. The van der Waals surface area contributed by atoms with Gasteiger partial charge in [0.1, 0.15) is 18.7 Å². The highest BCUT2D eigenvalue weighted by atomic mass is 16.1. The van der Waals surface area contributed by atoms with E-state index in [1.165, 1.54) is 17.1 Å². The van der Waals surface area contributed by atoms with Crippen LogP contribution in [-0.4, -0.2) is 37.6 Å². The molecule has 0 bridgehead atoms. The molecule has 0 atom stereocenters. The molecule has 8 heteroatoms. The normalized spacial score (nSPS) is 10.6. The van der Waals surface area contributed by atoms with Gasteiger partial charge in [-0.15, -0.1) is 0 Å². The van der Waals surface area contributed by atoms with Gasteiger partial charge in [-0.3, -0.25) is 9.48 Å². The Balaban J connectivity index is 2.15. The SMILES string of the molecule is Cn1ncnc1Cn1ncc(NCCN)cc1=O. The Kier molecular flexibility index (Phi) is 3.68. The maximum absolute atomic E-state index is 11.8. The number of nitrogens with zero attached hydrogens (tertiary/aromatic N) is 5. The average Bonchev–Trinajstić information content (AvgIpc) is 2.75. The van der Waals surface area contributed by atoms with Crippen LogP contribution in [0, 0.1) is 0 Å². The van der Waals surface area contributed by atoms with Gasteiger partial charge in [-0.1, -0.05) is 0 Å². The van der Waals surface area contributed by atoms with Crippen LogP contribution in [0.15, 0.2) is 23.4 Å². The van der Waals surface area contributed by atoms with Gasteiger partial charge >= 0.3 is 0 Å². The van der Waals surface area contributed by atoms with Crippen molar-refractivity contribution in [3.63, 3.8) is 0 Å². The molecule has 2 aromatic heterocycles. The second-order valence-electron chi connectivity index (χ2n) is 3.76. The van der Waals surface area contributed by atoms with E-state index in [2.05, 4.69) is 20.5 Å². The standard InChI is InChI=1S/C10H15N7O/c1-16-9(13-7-15-16)6-17-10(18)4-8(5-14-17)12-3-2-11/h4-5,7,12H,2-3,6,11H2,1H3. The monoisotopic (exact) mass is 249 g/mol. The quantitative estimate of drug-likeness (QED) is 0.689. The van der Waals surface area contributed by atoms with Gasteiger partial charge in [0, 0.05) is 26.2 Å². The molecule has 0 aliphatic carbocycles. The second kappa shape index (κ2) is 5.41. The Labute approximate surface area is 103 Å². The molecule has 2 heterocycles. The molecule has 0 radical (unpaired) electrons. The van der Waals surface area contributed by atoms with Crippen molar-refractivity contribution in [1.82, 2.24) is 24.5 Å². The van der Waals surface area contributed by atoms with Gasteiger partial charge in [0.2, 0.25) is 0 Å². The predicted molar refractivity (Wildman–Crippen MR) is 66.1 cm³/mol. The van der Waals surface area contributed by atoms with Gasteiger partial charge in [0.25, 0.3) is 5.56 Å². The summed E-state index contributed by atoms with van der Waals surface area (Å²) in [6, 6.07) is 1.49. The number of aryl methyl sites for hydroxylation is 1. The number of nitrogens with two attached hydrogens (primary N) is 1. The van der Waals surface area contributed by atoms with Crippen LogP contribution in [0.25, 0.3) is 0 Å². The highest BCUT2D eigenvalue weighted by Crippen LogP contribution is 1.99. The minimum Gasteiger partial charge on any atom is -0.382 e. The van der Waals surface area contributed by atoms with Crippen LogP contribution in [-0.2, 0) is 13.6 Å². The second-order valence-corrected chi connectivity index (χ2v) is 3.76. The van der Waals surface area contributed by atoms with Crippen LogP contribution in [0.2, 0.25) is 0 Å². The molecule has 3 N–H and O–H groups in total. The Bertz CT molecular complexity index is 574. The Morgan fingerprint density at radius 3 is 2.89 bits per heavy atom. The molecule has 0 spiro atoms. The summed E-state index contributed by atoms with van der Waals surface area (Å²) in [6.45, 7) is 1.41. The summed E-state index contributed by atoms with van der Waals surface area (Å²) >= 11 is 0. The van der Waals surface area contributed by atoms with Crippen LogP contribution in [0.4, 0.5) is 5.69 Å². The molecular weight excluding hydrogens is 234 g/mol. The van der Waals surface area contributed by atoms with Gasteiger partial charge in [-0.2, -0.15) is 10.2 Å². The fraction of sp³-hybridized carbons (Fsp3) is 0.400. The predicted octanol–water partition coefficient (Wildman–Crippen LogP) is -1.21. The van der Waals surface area contributed by atoms with E-state index in [-0.39, 0.29) is 5.56 Å². The van der Waals surface area contributed by atoms with E-state index in [0.29, 0.717) is 31.1 Å². The Morgan fingerprint density at radius 2 is 2.28 bits per heavy atom. The molecule has 0 amide bonds. The molecule has 0 aliphatic rings. The molecular formula is C10H15N7O. The molecule has 0 aromatic carbocycles. The number of hydrogen-bond donors (Lipinski definition) is 2. The summed E-state index contributed by atoms with van der Waals surface area (Å²) in [5, 5.41) is 11.0. The van der Waals surface area contributed by atoms with Gasteiger partial charge < -0.3 is 11.1 Å². The van der Waals surface area contributed by atoms with E-state index >= 15 is 0 Å².